The fourth-order valence-corrected chi connectivity index (χ4v) is 3.42. The maximum atomic E-state index is 2.64. The third-order valence-corrected chi connectivity index (χ3v) is 4.33. The van der Waals surface area contributed by atoms with Crippen molar-refractivity contribution in [1.29, 1.82) is 0 Å². The van der Waals surface area contributed by atoms with E-state index in [-0.39, 0.29) is 0 Å². The van der Waals surface area contributed by atoms with Crippen molar-refractivity contribution in [3.8, 4) is 0 Å². The molecule has 17 heavy (non-hydrogen) atoms. The molecule has 1 aromatic rings. The minimum Gasteiger partial charge on any atom is -0.303 e. The second-order valence-electron chi connectivity index (χ2n) is 5.55. The molecular weight excluding hydrogens is 208 g/mol. The van der Waals surface area contributed by atoms with E-state index in [1.54, 1.807) is 0 Å². The average Bonchev–Trinajstić information content (AvgIpc) is 2.87. The Bertz CT molecular complexity index is 348. The molecule has 2 atom stereocenters. The van der Waals surface area contributed by atoms with E-state index >= 15 is 0 Å². The van der Waals surface area contributed by atoms with Crippen molar-refractivity contribution in [3.63, 3.8) is 0 Å². The molecule has 2 aliphatic heterocycles. The summed E-state index contributed by atoms with van der Waals surface area (Å²) >= 11 is 0. The molecule has 2 fully saturated rings. The molecule has 1 aromatic carbocycles. The van der Waals surface area contributed by atoms with Crippen LogP contribution in [0.4, 0.5) is 0 Å². The summed E-state index contributed by atoms with van der Waals surface area (Å²) in [6.07, 6.45) is 0. The standard InChI is InChI=1S/C15H22N2/c1-2-16-9-14-11-17(12-15(14)10-16)8-13-6-4-3-5-7-13/h3-7,14-15H,2,8-12H2,1H3/t14-,15-/m0/s1. The van der Waals surface area contributed by atoms with E-state index in [2.05, 4.69) is 47.1 Å². The third kappa shape index (κ3) is 2.38. The van der Waals surface area contributed by atoms with Gasteiger partial charge in [0.15, 0.2) is 0 Å². The van der Waals surface area contributed by atoms with Gasteiger partial charge in [0.2, 0.25) is 0 Å². The first kappa shape index (κ1) is 11.2. The lowest BCUT2D eigenvalue weighted by atomic mass is 10.0. The van der Waals surface area contributed by atoms with E-state index in [4.69, 9.17) is 0 Å². The fourth-order valence-electron chi connectivity index (χ4n) is 3.42. The molecule has 0 unspecified atom stereocenters. The molecule has 3 rings (SSSR count). The van der Waals surface area contributed by atoms with Crippen LogP contribution in [-0.2, 0) is 6.54 Å². The van der Waals surface area contributed by atoms with Gasteiger partial charge < -0.3 is 4.90 Å². The lowest BCUT2D eigenvalue weighted by Gasteiger charge is -2.20. The molecule has 0 spiro atoms. The molecule has 0 saturated carbocycles. The van der Waals surface area contributed by atoms with Crippen LogP contribution in [0.15, 0.2) is 30.3 Å². The number of likely N-dealkylation sites (tertiary alicyclic amines) is 2. The summed E-state index contributed by atoms with van der Waals surface area (Å²) < 4.78 is 0. The van der Waals surface area contributed by atoms with E-state index in [1.165, 1.54) is 38.3 Å². The van der Waals surface area contributed by atoms with Gasteiger partial charge in [-0.15, -0.1) is 0 Å². The predicted molar refractivity (Wildman–Crippen MR) is 70.8 cm³/mol. The molecular formula is C15H22N2. The lowest BCUT2D eigenvalue weighted by molar-refractivity contribution is 0.257. The SMILES string of the molecule is CCN1C[C@H]2CN(Cc3ccccc3)C[C@@H]2C1. The first-order valence-electron chi connectivity index (χ1n) is 6.84. The highest BCUT2D eigenvalue weighted by Gasteiger charge is 2.38. The minimum absolute atomic E-state index is 0.929. The molecule has 2 heteroatoms. The zero-order valence-corrected chi connectivity index (χ0v) is 10.7. The van der Waals surface area contributed by atoms with Crippen molar-refractivity contribution < 1.29 is 0 Å². The van der Waals surface area contributed by atoms with Gasteiger partial charge in [0.05, 0.1) is 0 Å². The molecule has 0 N–H and O–H groups in total. The highest BCUT2D eigenvalue weighted by atomic mass is 15.2. The number of fused-ring (bicyclic) bond motifs is 1. The van der Waals surface area contributed by atoms with Crippen molar-refractivity contribution in [2.75, 3.05) is 32.7 Å². The van der Waals surface area contributed by atoms with Crippen LogP contribution < -0.4 is 0 Å². The monoisotopic (exact) mass is 230 g/mol. The highest BCUT2D eigenvalue weighted by Crippen LogP contribution is 2.31. The van der Waals surface area contributed by atoms with Crippen LogP contribution in [0, 0.1) is 11.8 Å². The number of hydrogen-bond acceptors (Lipinski definition) is 2. The largest absolute Gasteiger partial charge is 0.303 e. The van der Waals surface area contributed by atoms with Crippen LogP contribution in [-0.4, -0.2) is 42.5 Å². The van der Waals surface area contributed by atoms with Crippen LogP contribution in [0.1, 0.15) is 12.5 Å². The molecule has 0 radical (unpaired) electrons. The van der Waals surface area contributed by atoms with Crippen molar-refractivity contribution in [3.05, 3.63) is 35.9 Å². The smallest absolute Gasteiger partial charge is 0.0233 e. The van der Waals surface area contributed by atoms with Crippen LogP contribution in [0.2, 0.25) is 0 Å². The van der Waals surface area contributed by atoms with Gasteiger partial charge in [-0.2, -0.15) is 0 Å². The summed E-state index contributed by atoms with van der Waals surface area (Å²) in [6, 6.07) is 10.9. The summed E-state index contributed by atoms with van der Waals surface area (Å²) in [5.74, 6) is 1.86. The molecule has 0 aromatic heterocycles. The Morgan fingerprint density at radius 3 is 2.12 bits per heavy atom. The summed E-state index contributed by atoms with van der Waals surface area (Å²) in [7, 11) is 0. The Kier molecular flexibility index (Phi) is 3.17. The zero-order valence-electron chi connectivity index (χ0n) is 10.7. The van der Waals surface area contributed by atoms with E-state index in [9.17, 15) is 0 Å². The van der Waals surface area contributed by atoms with Gasteiger partial charge in [-0.05, 0) is 23.9 Å². The second-order valence-corrected chi connectivity index (χ2v) is 5.55. The van der Waals surface area contributed by atoms with E-state index in [0.717, 1.165) is 18.4 Å². The van der Waals surface area contributed by atoms with Crippen LogP contribution in [0.25, 0.3) is 0 Å². The number of hydrogen-bond donors (Lipinski definition) is 0. The topological polar surface area (TPSA) is 6.48 Å². The van der Waals surface area contributed by atoms with Gasteiger partial charge in [0.1, 0.15) is 0 Å². The average molecular weight is 230 g/mol. The first-order chi connectivity index (χ1) is 8.35. The normalized spacial score (nSPS) is 29.7. The fraction of sp³-hybridized carbons (Fsp3) is 0.600. The van der Waals surface area contributed by atoms with Gasteiger partial charge >= 0.3 is 0 Å². The molecule has 2 nitrogen and oxygen atoms in total. The molecule has 2 aliphatic rings. The molecule has 0 aliphatic carbocycles. The van der Waals surface area contributed by atoms with Crippen molar-refractivity contribution in [1.82, 2.24) is 9.80 Å². The van der Waals surface area contributed by atoms with Gasteiger partial charge in [0.25, 0.3) is 0 Å². The van der Waals surface area contributed by atoms with Gasteiger partial charge in [0, 0.05) is 32.7 Å². The quantitative estimate of drug-likeness (QED) is 0.784. The second kappa shape index (κ2) is 4.79. The van der Waals surface area contributed by atoms with Gasteiger partial charge in [-0.3, -0.25) is 4.90 Å². The van der Waals surface area contributed by atoms with Crippen molar-refractivity contribution >= 4 is 0 Å². The molecule has 92 valence electrons. The van der Waals surface area contributed by atoms with Gasteiger partial charge in [-0.1, -0.05) is 37.3 Å². The Morgan fingerprint density at radius 2 is 1.53 bits per heavy atom. The van der Waals surface area contributed by atoms with Crippen molar-refractivity contribution in [2.24, 2.45) is 11.8 Å². The minimum atomic E-state index is 0.929. The third-order valence-electron chi connectivity index (χ3n) is 4.33. The Labute approximate surface area is 104 Å². The predicted octanol–water partition coefficient (Wildman–Crippen LogP) is 2.07. The first-order valence-corrected chi connectivity index (χ1v) is 6.84. The molecule has 0 amide bonds. The van der Waals surface area contributed by atoms with Crippen LogP contribution in [0.3, 0.4) is 0 Å². The van der Waals surface area contributed by atoms with E-state index in [0.29, 0.717) is 0 Å². The number of rotatable bonds is 3. The maximum Gasteiger partial charge on any atom is 0.0233 e. The highest BCUT2D eigenvalue weighted by molar-refractivity contribution is 5.14. The summed E-state index contributed by atoms with van der Waals surface area (Å²) in [5.41, 5.74) is 1.46. The zero-order chi connectivity index (χ0) is 11.7. The van der Waals surface area contributed by atoms with Crippen LogP contribution in [0.5, 0.6) is 0 Å². The van der Waals surface area contributed by atoms with Crippen LogP contribution >= 0.6 is 0 Å². The summed E-state index contributed by atoms with van der Waals surface area (Å²) in [5, 5.41) is 0. The maximum absolute atomic E-state index is 2.64. The summed E-state index contributed by atoms with van der Waals surface area (Å²) in [6.45, 7) is 9.90. The molecule has 0 bridgehead atoms. The number of benzene rings is 1. The number of nitrogens with zero attached hydrogens (tertiary/aromatic N) is 2. The Hall–Kier alpha value is -0.860. The summed E-state index contributed by atoms with van der Waals surface area (Å²) in [4.78, 5) is 5.24. The van der Waals surface area contributed by atoms with Gasteiger partial charge in [-0.25, -0.2) is 0 Å². The van der Waals surface area contributed by atoms with E-state index in [1.807, 2.05) is 0 Å². The Morgan fingerprint density at radius 1 is 0.941 bits per heavy atom. The van der Waals surface area contributed by atoms with E-state index < -0.39 is 0 Å². The van der Waals surface area contributed by atoms with Crippen molar-refractivity contribution in [2.45, 2.75) is 13.5 Å². The Balaban J connectivity index is 1.56. The molecule has 2 saturated heterocycles. The lowest BCUT2D eigenvalue weighted by Crippen LogP contribution is -2.28. The molecule has 2 heterocycles.